The van der Waals surface area contributed by atoms with Crippen LogP contribution in [0.25, 0.3) is 0 Å². The third-order valence-corrected chi connectivity index (χ3v) is 3.20. The summed E-state index contributed by atoms with van der Waals surface area (Å²) in [5, 5.41) is 20.3. The topological polar surface area (TPSA) is 90.4 Å². The number of aromatic hydroxyl groups is 1. The maximum atomic E-state index is 11.8. The van der Waals surface area contributed by atoms with Crippen molar-refractivity contribution < 1.29 is 9.90 Å². The first-order valence-electron chi connectivity index (χ1n) is 6.96. The van der Waals surface area contributed by atoms with Gasteiger partial charge in [-0.05, 0) is 36.1 Å². The molecule has 0 radical (unpaired) electrons. The lowest BCUT2D eigenvalue weighted by Gasteiger charge is -2.19. The molecule has 116 valence electrons. The molecule has 1 aromatic carbocycles. The summed E-state index contributed by atoms with van der Waals surface area (Å²) in [7, 11) is 0. The second-order valence-corrected chi connectivity index (χ2v) is 6.16. The van der Waals surface area contributed by atoms with Crippen molar-refractivity contribution >= 4 is 12.1 Å². The Bertz CT molecular complexity index is 711. The Labute approximate surface area is 129 Å². The van der Waals surface area contributed by atoms with Gasteiger partial charge in [0.05, 0.1) is 6.21 Å². The van der Waals surface area contributed by atoms with E-state index in [2.05, 4.69) is 41.5 Å². The molecule has 2 rings (SSSR count). The molecule has 6 heteroatoms. The average Bonchev–Trinajstić information content (AvgIpc) is 2.86. The fraction of sp³-hybridized carbons (Fsp3) is 0.312. The summed E-state index contributed by atoms with van der Waals surface area (Å²) in [6, 6.07) is 6.98. The SMILES string of the molecule is Cc1cc(C(=O)N/N=C\c2cc(C(C)(C)C)ccc2O)n[nH]1. The van der Waals surface area contributed by atoms with Crippen LogP contribution < -0.4 is 5.43 Å². The summed E-state index contributed by atoms with van der Waals surface area (Å²) in [6.45, 7) is 8.06. The largest absolute Gasteiger partial charge is 0.507 e. The highest BCUT2D eigenvalue weighted by atomic mass is 16.3. The molecular formula is C16H20N4O2. The van der Waals surface area contributed by atoms with Crippen LogP contribution in [0.2, 0.25) is 0 Å². The second kappa shape index (κ2) is 6.01. The van der Waals surface area contributed by atoms with Crippen LogP contribution in [0.1, 0.15) is 48.1 Å². The number of aromatic amines is 1. The van der Waals surface area contributed by atoms with Crippen molar-refractivity contribution in [2.24, 2.45) is 5.10 Å². The summed E-state index contributed by atoms with van der Waals surface area (Å²) in [5.41, 5.74) is 5.03. The minimum atomic E-state index is -0.410. The third-order valence-electron chi connectivity index (χ3n) is 3.20. The van der Waals surface area contributed by atoms with E-state index in [-0.39, 0.29) is 16.9 Å². The number of carbonyl (C=O) groups excluding carboxylic acids is 1. The zero-order chi connectivity index (χ0) is 16.3. The number of phenolic OH excluding ortho intramolecular Hbond substituents is 1. The average molecular weight is 300 g/mol. The van der Waals surface area contributed by atoms with Crippen LogP contribution in [-0.4, -0.2) is 27.4 Å². The van der Waals surface area contributed by atoms with Crippen molar-refractivity contribution in [3.8, 4) is 5.75 Å². The van der Waals surface area contributed by atoms with Crippen molar-refractivity contribution in [2.75, 3.05) is 0 Å². The summed E-state index contributed by atoms with van der Waals surface area (Å²) < 4.78 is 0. The van der Waals surface area contributed by atoms with Crippen LogP contribution in [0.3, 0.4) is 0 Å². The van der Waals surface area contributed by atoms with Crippen LogP contribution in [0.4, 0.5) is 0 Å². The monoisotopic (exact) mass is 300 g/mol. The molecule has 2 aromatic rings. The Morgan fingerprint density at radius 1 is 1.36 bits per heavy atom. The molecule has 0 saturated heterocycles. The second-order valence-electron chi connectivity index (χ2n) is 6.16. The number of hydrogen-bond donors (Lipinski definition) is 3. The van der Waals surface area contributed by atoms with Gasteiger partial charge in [-0.3, -0.25) is 9.89 Å². The number of rotatable bonds is 3. The lowest BCUT2D eigenvalue weighted by atomic mass is 9.86. The van der Waals surface area contributed by atoms with E-state index in [1.165, 1.54) is 6.21 Å². The smallest absolute Gasteiger partial charge is 0.291 e. The van der Waals surface area contributed by atoms with Crippen LogP contribution in [-0.2, 0) is 5.41 Å². The molecule has 6 nitrogen and oxygen atoms in total. The van der Waals surface area contributed by atoms with Gasteiger partial charge in [-0.25, -0.2) is 5.43 Å². The summed E-state index contributed by atoms with van der Waals surface area (Å²) in [6.07, 6.45) is 1.42. The van der Waals surface area contributed by atoms with Gasteiger partial charge in [-0.1, -0.05) is 26.8 Å². The Morgan fingerprint density at radius 3 is 2.68 bits per heavy atom. The lowest BCUT2D eigenvalue weighted by Crippen LogP contribution is -2.18. The van der Waals surface area contributed by atoms with Crippen LogP contribution in [0, 0.1) is 6.92 Å². The van der Waals surface area contributed by atoms with Crippen molar-refractivity contribution in [2.45, 2.75) is 33.1 Å². The minimum Gasteiger partial charge on any atom is -0.507 e. The van der Waals surface area contributed by atoms with E-state index in [4.69, 9.17) is 0 Å². The van der Waals surface area contributed by atoms with E-state index in [0.717, 1.165) is 11.3 Å². The van der Waals surface area contributed by atoms with Crippen LogP contribution in [0.15, 0.2) is 29.4 Å². The van der Waals surface area contributed by atoms with E-state index >= 15 is 0 Å². The lowest BCUT2D eigenvalue weighted by molar-refractivity contribution is 0.0950. The van der Waals surface area contributed by atoms with Gasteiger partial charge in [0.1, 0.15) is 5.75 Å². The van der Waals surface area contributed by atoms with Gasteiger partial charge in [0.25, 0.3) is 5.91 Å². The zero-order valence-corrected chi connectivity index (χ0v) is 13.1. The molecule has 0 bridgehead atoms. The molecule has 0 atom stereocenters. The predicted molar refractivity (Wildman–Crippen MR) is 85.2 cm³/mol. The van der Waals surface area contributed by atoms with Gasteiger partial charge >= 0.3 is 0 Å². The molecule has 0 aliphatic carbocycles. The fourth-order valence-corrected chi connectivity index (χ4v) is 1.88. The molecule has 0 aliphatic rings. The Kier molecular flexibility index (Phi) is 4.30. The highest BCUT2D eigenvalue weighted by Gasteiger charge is 2.15. The number of hydrazone groups is 1. The number of hydrogen-bond acceptors (Lipinski definition) is 4. The first kappa shape index (κ1) is 15.8. The summed E-state index contributed by atoms with van der Waals surface area (Å²) in [4.78, 5) is 11.8. The van der Waals surface area contributed by atoms with Gasteiger partial charge < -0.3 is 5.11 Å². The normalized spacial score (nSPS) is 11.8. The number of carbonyl (C=O) groups is 1. The molecule has 1 aromatic heterocycles. The van der Waals surface area contributed by atoms with Crippen molar-refractivity contribution in [3.05, 3.63) is 46.8 Å². The summed E-state index contributed by atoms with van der Waals surface area (Å²) in [5.74, 6) is -0.298. The van der Waals surface area contributed by atoms with Gasteiger partial charge in [0, 0.05) is 11.3 Å². The van der Waals surface area contributed by atoms with Crippen molar-refractivity contribution in [3.63, 3.8) is 0 Å². The number of H-pyrrole nitrogens is 1. The molecule has 1 heterocycles. The molecule has 0 aliphatic heterocycles. The molecule has 0 fully saturated rings. The number of aryl methyl sites for hydroxylation is 1. The highest BCUT2D eigenvalue weighted by molar-refractivity contribution is 5.93. The molecule has 3 N–H and O–H groups in total. The number of nitrogens with one attached hydrogen (secondary N) is 2. The number of amides is 1. The maximum absolute atomic E-state index is 11.8. The Morgan fingerprint density at radius 2 is 2.09 bits per heavy atom. The molecule has 0 saturated carbocycles. The maximum Gasteiger partial charge on any atom is 0.291 e. The number of benzene rings is 1. The van der Waals surface area contributed by atoms with Crippen LogP contribution >= 0.6 is 0 Å². The molecule has 22 heavy (non-hydrogen) atoms. The first-order chi connectivity index (χ1) is 10.3. The van der Waals surface area contributed by atoms with Gasteiger partial charge in [0.15, 0.2) is 5.69 Å². The minimum absolute atomic E-state index is 0.0356. The van der Waals surface area contributed by atoms with E-state index in [1.807, 2.05) is 19.1 Å². The van der Waals surface area contributed by atoms with Gasteiger partial charge in [-0.15, -0.1) is 0 Å². The van der Waals surface area contributed by atoms with E-state index < -0.39 is 5.91 Å². The molecule has 0 unspecified atom stereocenters. The predicted octanol–water partition coefficient (Wildman–Crippen LogP) is 2.49. The van der Waals surface area contributed by atoms with Crippen LogP contribution in [0.5, 0.6) is 5.75 Å². The quantitative estimate of drug-likeness (QED) is 0.601. The summed E-state index contributed by atoms with van der Waals surface area (Å²) >= 11 is 0. The van der Waals surface area contributed by atoms with E-state index in [1.54, 1.807) is 12.1 Å². The number of phenols is 1. The fourth-order valence-electron chi connectivity index (χ4n) is 1.88. The van der Waals surface area contributed by atoms with Crippen molar-refractivity contribution in [1.82, 2.24) is 15.6 Å². The molecule has 1 amide bonds. The third kappa shape index (κ3) is 3.72. The molecular weight excluding hydrogens is 280 g/mol. The van der Waals surface area contributed by atoms with E-state index in [9.17, 15) is 9.90 Å². The highest BCUT2D eigenvalue weighted by Crippen LogP contribution is 2.26. The first-order valence-corrected chi connectivity index (χ1v) is 6.96. The zero-order valence-electron chi connectivity index (χ0n) is 13.1. The van der Waals surface area contributed by atoms with Crippen molar-refractivity contribution in [1.29, 1.82) is 0 Å². The van der Waals surface area contributed by atoms with Gasteiger partial charge in [-0.2, -0.15) is 10.2 Å². The number of nitrogens with zero attached hydrogens (tertiary/aromatic N) is 2. The molecule has 0 spiro atoms. The Balaban J connectivity index is 2.11. The Hall–Kier alpha value is -2.63. The van der Waals surface area contributed by atoms with Gasteiger partial charge in [0.2, 0.25) is 0 Å². The van der Waals surface area contributed by atoms with E-state index in [0.29, 0.717) is 5.56 Å². The standard InChI is InChI=1S/C16H20N4O2/c1-10-7-13(19-18-10)15(22)20-17-9-11-8-12(16(2,3)4)5-6-14(11)21/h5-9,21H,1-4H3,(H,18,19)(H,20,22)/b17-9-. The number of aromatic nitrogens is 2.